The van der Waals surface area contributed by atoms with Crippen LogP contribution in [0.25, 0.3) is 23.6 Å². The van der Waals surface area contributed by atoms with Crippen LogP contribution in [0.1, 0.15) is 40.5 Å². The van der Waals surface area contributed by atoms with Gasteiger partial charge in [-0.25, -0.2) is 4.98 Å². The number of nitrogens with two attached hydrogens (primary N) is 2. The lowest BCUT2D eigenvalue weighted by atomic mass is 9.90. The van der Waals surface area contributed by atoms with Crippen LogP contribution >= 0.6 is 0 Å². The van der Waals surface area contributed by atoms with Crippen molar-refractivity contribution in [1.82, 2.24) is 4.98 Å². The number of aromatic nitrogens is 1. The van der Waals surface area contributed by atoms with Gasteiger partial charge in [-0.15, -0.1) is 12.3 Å². The van der Waals surface area contributed by atoms with Crippen LogP contribution in [0.2, 0.25) is 0 Å². The van der Waals surface area contributed by atoms with Crippen molar-refractivity contribution in [2.24, 2.45) is 21.4 Å². The molecule has 0 bridgehead atoms. The monoisotopic (exact) mass is 443 g/mol. The summed E-state index contributed by atoms with van der Waals surface area (Å²) in [6.45, 7) is 8.76. The van der Waals surface area contributed by atoms with Gasteiger partial charge in [0.1, 0.15) is 5.35 Å². The molecule has 2 aromatic carbocycles. The first-order chi connectivity index (χ1) is 15.8. The molecule has 3 rings (SSSR count). The third-order valence-electron chi connectivity index (χ3n) is 4.91. The number of rotatable bonds is 7. The highest BCUT2D eigenvalue weighted by Crippen LogP contribution is 2.24. The van der Waals surface area contributed by atoms with Crippen molar-refractivity contribution < 1.29 is 4.42 Å². The zero-order valence-corrected chi connectivity index (χ0v) is 19.9. The number of benzene rings is 2. The second kappa shape index (κ2) is 12.4. The number of hydrogen-bond acceptors (Lipinski definition) is 6. The minimum Gasteiger partial charge on any atom is -0.436 e. The van der Waals surface area contributed by atoms with Gasteiger partial charge in [-0.05, 0) is 86.3 Å². The van der Waals surface area contributed by atoms with Crippen LogP contribution in [0.5, 0.6) is 0 Å². The molecule has 0 spiro atoms. The molecule has 0 unspecified atom stereocenters. The Morgan fingerprint density at radius 1 is 1.06 bits per heavy atom. The Morgan fingerprint density at radius 2 is 1.61 bits per heavy atom. The van der Waals surface area contributed by atoms with Gasteiger partial charge in [-0.3, -0.25) is 0 Å². The molecule has 172 valence electrons. The van der Waals surface area contributed by atoms with Gasteiger partial charge < -0.3 is 15.9 Å². The molecule has 1 aromatic heterocycles. The first-order valence-corrected chi connectivity index (χ1v) is 11.0. The summed E-state index contributed by atoms with van der Waals surface area (Å²) in [6, 6.07) is 14.9. The topological polar surface area (TPSA) is 103 Å². The second-order valence-electron chi connectivity index (χ2n) is 8.16. The zero-order valence-electron chi connectivity index (χ0n) is 19.9. The van der Waals surface area contributed by atoms with E-state index < -0.39 is 0 Å². The number of terminal acetylenes is 1. The summed E-state index contributed by atoms with van der Waals surface area (Å²) in [5.74, 6) is 2.83. The van der Waals surface area contributed by atoms with E-state index >= 15 is 0 Å². The fourth-order valence-corrected chi connectivity index (χ4v) is 2.72. The van der Waals surface area contributed by atoms with Gasteiger partial charge in [0.2, 0.25) is 5.89 Å². The highest BCUT2D eigenvalue weighted by Gasteiger charge is 2.13. The van der Waals surface area contributed by atoms with Crippen molar-refractivity contribution in [3.05, 3.63) is 59.3 Å². The van der Waals surface area contributed by atoms with Crippen LogP contribution in [-0.4, -0.2) is 11.5 Å². The summed E-state index contributed by atoms with van der Waals surface area (Å²) in [4.78, 5) is 4.69. The fraction of sp³-hybridized carbons (Fsp3) is 0.296. The first kappa shape index (κ1) is 25.6. The molecule has 0 amide bonds. The largest absolute Gasteiger partial charge is 0.436 e. The van der Waals surface area contributed by atoms with Gasteiger partial charge >= 0.3 is 0 Å². The maximum Gasteiger partial charge on any atom is 0.227 e. The third-order valence-corrected chi connectivity index (χ3v) is 4.91. The van der Waals surface area contributed by atoms with Gasteiger partial charge in [0.05, 0.1) is 11.4 Å². The first-order valence-electron chi connectivity index (χ1n) is 11.0. The molecule has 0 aliphatic carbocycles. The van der Waals surface area contributed by atoms with E-state index in [0.29, 0.717) is 18.1 Å². The second-order valence-corrected chi connectivity index (χ2v) is 8.16. The van der Waals surface area contributed by atoms with Crippen molar-refractivity contribution >= 4 is 29.2 Å². The van der Waals surface area contributed by atoms with Crippen LogP contribution in [-0.2, 0) is 0 Å². The van der Waals surface area contributed by atoms with E-state index in [1.54, 1.807) is 19.1 Å². The Bertz CT molecular complexity index is 1200. The van der Waals surface area contributed by atoms with Crippen molar-refractivity contribution in [1.29, 1.82) is 0 Å². The highest BCUT2D eigenvalue weighted by molar-refractivity contribution is 5.57. The minimum absolute atomic E-state index is 0.0223. The van der Waals surface area contributed by atoms with Crippen LogP contribution < -0.4 is 22.2 Å². The summed E-state index contributed by atoms with van der Waals surface area (Å²) < 4.78 is 6.11. The average molecular weight is 444 g/mol. The fourth-order valence-electron chi connectivity index (χ4n) is 2.72. The van der Waals surface area contributed by atoms with Crippen LogP contribution in [0, 0.1) is 17.8 Å². The van der Waals surface area contributed by atoms with Gasteiger partial charge in [0.15, 0.2) is 5.42 Å². The van der Waals surface area contributed by atoms with Crippen LogP contribution in [0.15, 0.2) is 63.2 Å². The number of anilines is 1. The Morgan fingerprint density at radius 3 is 2.12 bits per heavy atom. The quantitative estimate of drug-likeness (QED) is 0.293. The molecule has 6 nitrogen and oxygen atoms in total. The Hall–Kier alpha value is -3.69. The molecule has 0 aliphatic rings. The smallest absolute Gasteiger partial charge is 0.227 e. The van der Waals surface area contributed by atoms with Gasteiger partial charge in [-0.2, -0.15) is 10.2 Å². The summed E-state index contributed by atoms with van der Waals surface area (Å²) in [5, 5.41) is 9.34. The van der Waals surface area contributed by atoms with Crippen molar-refractivity contribution in [2.45, 2.75) is 40.5 Å². The number of oxazole rings is 1. The van der Waals surface area contributed by atoms with Gasteiger partial charge in [0.25, 0.3) is 0 Å². The van der Waals surface area contributed by atoms with E-state index in [4.69, 9.17) is 20.9 Å². The normalized spacial score (nSPS) is 12.5. The molecule has 0 atom stereocenters. The number of nitrogen functional groups attached to an aromatic ring is 1. The molecule has 0 radical (unpaired) electrons. The summed E-state index contributed by atoms with van der Waals surface area (Å²) in [7, 11) is 0. The van der Waals surface area contributed by atoms with E-state index in [9.17, 15) is 0 Å². The summed E-state index contributed by atoms with van der Waals surface area (Å²) in [6.07, 6.45) is 10.5. The van der Waals surface area contributed by atoms with E-state index in [1.807, 2.05) is 42.5 Å². The van der Waals surface area contributed by atoms with E-state index in [0.717, 1.165) is 40.5 Å². The predicted octanol–water partition coefficient (Wildman–Crippen LogP) is 5.32. The maximum absolute atomic E-state index is 6.11. The maximum atomic E-state index is 6.11. The molecule has 0 fully saturated rings. The van der Waals surface area contributed by atoms with Crippen molar-refractivity contribution in [2.75, 3.05) is 12.3 Å². The van der Waals surface area contributed by atoms with Crippen LogP contribution in [0.4, 0.5) is 17.1 Å². The number of nitrogens with zero attached hydrogens (tertiary/aromatic N) is 3. The van der Waals surface area contributed by atoms with Gasteiger partial charge in [-0.1, -0.05) is 26.8 Å². The molecule has 33 heavy (non-hydrogen) atoms. The lowest BCUT2D eigenvalue weighted by molar-refractivity contribution is 0.474. The molecule has 0 aliphatic heterocycles. The van der Waals surface area contributed by atoms with E-state index in [1.165, 1.54) is 0 Å². The molecular formula is C27H33N5O. The predicted molar refractivity (Wildman–Crippen MR) is 137 cm³/mol. The molecule has 6 heteroatoms. The van der Waals surface area contributed by atoms with E-state index in [-0.39, 0.29) is 5.41 Å². The average Bonchev–Trinajstić information content (AvgIpc) is 3.20. The lowest BCUT2D eigenvalue weighted by Crippen LogP contribution is -2.25. The lowest BCUT2D eigenvalue weighted by Gasteiger charge is -2.15. The Balaban J connectivity index is 0.00000122. The minimum atomic E-state index is 0.0223. The summed E-state index contributed by atoms with van der Waals surface area (Å²) in [5.41, 5.74) is 15.3. The molecule has 3 aromatic rings. The molecule has 4 N–H and O–H groups in total. The highest BCUT2D eigenvalue weighted by atomic mass is 16.3. The zero-order chi connectivity index (χ0) is 24.3. The molecular weight excluding hydrogens is 410 g/mol. The number of hydrogen-bond donors (Lipinski definition) is 2. The number of azo groups is 1. The van der Waals surface area contributed by atoms with Gasteiger partial charge in [0, 0.05) is 11.3 Å². The SMILES string of the molecule is C#CC.CCC(C)(C)/C=c1/oc(-c2ccc(N=Nc3ccc(N)cc3)cc2)n/c1=C/CCN. The molecule has 0 saturated carbocycles. The standard InChI is InChI=1S/C24H29N5O.C3H4/c1-4-24(2,3)16-22-21(6-5-15-25)27-23(30-22)17-7-11-19(12-8-17)28-29-20-13-9-18(26)10-14-20;1-3-2/h6-14,16H,4-5,15,25-26H2,1-3H3;1H,2H3/b21-6+,22-16+,29-28?;. The van der Waals surface area contributed by atoms with Crippen molar-refractivity contribution in [3.8, 4) is 23.8 Å². The Kier molecular flexibility index (Phi) is 9.59. The van der Waals surface area contributed by atoms with E-state index in [2.05, 4.69) is 49.4 Å². The molecule has 1 heterocycles. The molecule has 0 saturated heterocycles. The Labute approximate surface area is 196 Å². The third kappa shape index (κ3) is 8.06. The summed E-state index contributed by atoms with van der Waals surface area (Å²) >= 11 is 0. The van der Waals surface area contributed by atoms with Crippen LogP contribution in [0.3, 0.4) is 0 Å². The van der Waals surface area contributed by atoms with Crippen molar-refractivity contribution in [3.63, 3.8) is 0 Å².